The molecule has 3 nitrogen and oxygen atoms in total. The van der Waals surface area contributed by atoms with Gasteiger partial charge < -0.3 is 15.1 Å². The Morgan fingerprint density at radius 1 is 0.800 bits per heavy atom. The number of thioether (sulfide) groups is 1. The summed E-state index contributed by atoms with van der Waals surface area (Å²) in [4.78, 5) is 0.636. The topological polar surface area (TPSA) is 44.3 Å². The SMILES string of the molecule is C1CCNC1.Oc1cc(NSc2ccc(C(F)(F)F)c(SC3CCCCC3)c2)ccc1C(F)(F)F. The minimum absolute atomic E-state index is 0.139. The number of halogens is 6. The molecule has 2 aromatic rings. The molecule has 0 atom stereocenters. The Bertz CT molecular complexity index is 950. The predicted molar refractivity (Wildman–Crippen MR) is 129 cm³/mol. The van der Waals surface area contributed by atoms with Crippen LogP contribution in [-0.2, 0) is 12.4 Å². The van der Waals surface area contributed by atoms with E-state index in [4.69, 9.17) is 0 Å². The summed E-state index contributed by atoms with van der Waals surface area (Å²) in [5, 5.41) is 12.9. The highest BCUT2D eigenvalue weighted by molar-refractivity contribution is 8.01. The Hall–Kier alpha value is -1.72. The lowest BCUT2D eigenvalue weighted by Crippen LogP contribution is -2.11. The fourth-order valence-corrected chi connectivity index (χ4v) is 6.02. The number of nitrogens with one attached hydrogen (secondary N) is 2. The highest BCUT2D eigenvalue weighted by Gasteiger charge is 2.35. The zero-order valence-electron chi connectivity index (χ0n) is 18.9. The lowest BCUT2D eigenvalue weighted by molar-refractivity contribution is -0.140. The number of hydrogen-bond donors (Lipinski definition) is 3. The molecule has 0 radical (unpaired) electrons. The molecule has 1 aliphatic carbocycles. The summed E-state index contributed by atoms with van der Waals surface area (Å²) >= 11 is 2.20. The van der Waals surface area contributed by atoms with Gasteiger partial charge in [0.25, 0.3) is 0 Å². The van der Waals surface area contributed by atoms with E-state index in [9.17, 15) is 31.4 Å². The van der Waals surface area contributed by atoms with Crippen molar-refractivity contribution in [2.45, 2.75) is 72.3 Å². The summed E-state index contributed by atoms with van der Waals surface area (Å²) in [6, 6.07) is 6.61. The molecule has 11 heteroatoms. The second kappa shape index (κ2) is 12.5. The lowest BCUT2D eigenvalue weighted by Gasteiger charge is -2.23. The molecule has 1 heterocycles. The van der Waals surface area contributed by atoms with Gasteiger partial charge in [-0.05, 0) is 81.1 Å². The van der Waals surface area contributed by atoms with Crippen LogP contribution in [0.15, 0.2) is 46.2 Å². The van der Waals surface area contributed by atoms with E-state index in [1.807, 2.05) is 0 Å². The van der Waals surface area contributed by atoms with Crippen molar-refractivity contribution in [2.24, 2.45) is 0 Å². The van der Waals surface area contributed by atoms with Crippen LogP contribution in [0.4, 0.5) is 32.0 Å². The average Bonchev–Trinajstić information content (AvgIpc) is 3.37. The van der Waals surface area contributed by atoms with E-state index in [0.29, 0.717) is 4.90 Å². The molecule has 1 saturated carbocycles. The minimum atomic E-state index is -4.67. The van der Waals surface area contributed by atoms with Crippen LogP contribution in [0.25, 0.3) is 0 Å². The van der Waals surface area contributed by atoms with E-state index < -0.39 is 29.2 Å². The summed E-state index contributed by atoms with van der Waals surface area (Å²) in [6.45, 7) is 2.50. The Balaban J connectivity index is 0.000000607. The van der Waals surface area contributed by atoms with Gasteiger partial charge in [0.05, 0.1) is 11.1 Å². The van der Waals surface area contributed by atoms with Crippen molar-refractivity contribution in [3.63, 3.8) is 0 Å². The molecule has 1 aliphatic heterocycles. The van der Waals surface area contributed by atoms with Crippen LogP contribution in [0.3, 0.4) is 0 Å². The maximum Gasteiger partial charge on any atom is 0.419 e. The van der Waals surface area contributed by atoms with Crippen LogP contribution < -0.4 is 10.0 Å². The Morgan fingerprint density at radius 3 is 1.97 bits per heavy atom. The van der Waals surface area contributed by atoms with Crippen LogP contribution in [0, 0.1) is 0 Å². The summed E-state index contributed by atoms with van der Waals surface area (Å²) in [6.07, 6.45) is -1.49. The first-order valence-electron chi connectivity index (χ1n) is 11.5. The van der Waals surface area contributed by atoms with E-state index in [0.717, 1.165) is 68.3 Å². The standard InChI is InChI=1S/C20H19F6NOS2.C4H9N/c21-19(22,23)15-8-6-12(10-17(15)28)27-30-14-7-9-16(20(24,25)26)18(11-14)29-13-4-2-1-3-5-13;1-2-4-5-3-1/h6-11,13,27-28H,1-5H2;5H,1-4H2. The van der Waals surface area contributed by atoms with Gasteiger partial charge in [-0.3, -0.25) is 0 Å². The van der Waals surface area contributed by atoms with Gasteiger partial charge in [-0.15, -0.1) is 11.8 Å². The van der Waals surface area contributed by atoms with Crippen molar-refractivity contribution in [1.29, 1.82) is 0 Å². The zero-order chi connectivity index (χ0) is 25.5. The molecule has 0 spiro atoms. The minimum Gasteiger partial charge on any atom is -0.507 e. The number of hydrogen-bond acceptors (Lipinski definition) is 5. The normalized spacial score (nSPS) is 17.1. The quantitative estimate of drug-likeness (QED) is 0.264. The highest BCUT2D eigenvalue weighted by atomic mass is 32.2. The van der Waals surface area contributed by atoms with Gasteiger partial charge in [-0.2, -0.15) is 26.3 Å². The molecule has 194 valence electrons. The fraction of sp³-hybridized carbons (Fsp3) is 0.500. The Morgan fingerprint density at radius 2 is 1.43 bits per heavy atom. The fourth-order valence-electron chi connectivity index (χ4n) is 3.84. The number of aromatic hydroxyl groups is 1. The van der Waals surface area contributed by atoms with E-state index in [1.165, 1.54) is 49.8 Å². The molecule has 0 aromatic heterocycles. The van der Waals surface area contributed by atoms with Crippen LogP contribution in [0.2, 0.25) is 0 Å². The maximum atomic E-state index is 13.4. The molecular weight excluding hydrogens is 510 g/mol. The van der Waals surface area contributed by atoms with Crippen molar-refractivity contribution in [1.82, 2.24) is 5.32 Å². The summed E-state index contributed by atoms with van der Waals surface area (Å²) in [5.41, 5.74) is -1.64. The Labute approximate surface area is 209 Å². The van der Waals surface area contributed by atoms with Crippen molar-refractivity contribution in [3.05, 3.63) is 47.5 Å². The number of rotatable bonds is 5. The number of phenolic OH excluding ortho intramolecular Hbond substituents is 1. The smallest absolute Gasteiger partial charge is 0.419 e. The molecule has 1 saturated heterocycles. The van der Waals surface area contributed by atoms with Gasteiger partial charge in [0.1, 0.15) is 5.75 Å². The molecule has 3 N–H and O–H groups in total. The van der Waals surface area contributed by atoms with Crippen LogP contribution in [0.5, 0.6) is 5.75 Å². The van der Waals surface area contributed by atoms with Gasteiger partial charge in [0.2, 0.25) is 0 Å². The molecule has 2 fully saturated rings. The average molecular weight is 539 g/mol. The summed E-state index contributed by atoms with van der Waals surface area (Å²) in [5.74, 6) is -0.922. The first kappa shape index (κ1) is 27.9. The predicted octanol–water partition coefficient (Wildman–Crippen LogP) is 8.34. The monoisotopic (exact) mass is 538 g/mol. The lowest BCUT2D eigenvalue weighted by atomic mass is 10.0. The summed E-state index contributed by atoms with van der Waals surface area (Å²) < 4.78 is 81.2. The van der Waals surface area contributed by atoms with E-state index in [-0.39, 0.29) is 15.8 Å². The molecule has 4 rings (SSSR count). The van der Waals surface area contributed by atoms with Crippen LogP contribution >= 0.6 is 23.7 Å². The molecular formula is C24H28F6N2OS2. The molecule has 0 unspecified atom stereocenters. The molecule has 0 amide bonds. The largest absolute Gasteiger partial charge is 0.507 e. The first-order valence-corrected chi connectivity index (χ1v) is 13.2. The van der Waals surface area contributed by atoms with Crippen molar-refractivity contribution >= 4 is 29.4 Å². The van der Waals surface area contributed by atoms with Crippen LogP contribution in [-0.4, -0.2) is 23.4 Å². The van der Waals surface area contributed by atoms with Gasteiger partial charge in [-0.25, -0.2) is 0 Å². The second-order valence-electron chi connectivity index (χ2n) is 8.42. The molecule has 2 aliphatic rings. The number of benzene rings is 2. The number of alkyl halides is 6. The first-order chi connectivity index (χ1) is 16.5. The molecule has 2 aromatic carbocycles. The van der Waals surface area contributed by atoms with Crippen molar-refractivity contribution in [2.75, 3.05) is 17.8 Å². The maximum absolute atomic E-state index is 13.4. The zero-order valence-corrected chi connectivity index (χ0v) is 20.6. The van der Waals surface area contributed by atoms with Gasteiger partial charge in [-0.1, -0.05) is 19.3 Å². The third kappa shape index (κ3) is 8.71. The van der Waals surface area contributed by atoms with E-state index in [1.54, 1.807) is 0 Å². The van der Waals surface area contributed by atoms with Gasteiger partial charge >= 0.3 is 12.4 Å². The molecule has 0 bridgehead atoms. The van der Waals surface area contributed by atoms with Crippen molar-refractivity contribution < 1.29 is 31.4 Å². The highest BCUT2D eigenvalue weighted by Crippen LogP contribution is 2.43. The van der Waals surface area contributed by atoms with Crippen LogP contribution in [0.1, 0.15) is 56.1 Å². The van der Waals surface area contributed by atoms with Gasteiger partial charge in [0, 0.05) is 26.8 Å². The Kier molecular flexibility index (Phi) is 9.94. The summed E-state index contributed by atoms with van der Waals surface area (Å²) in [7, 11) is 0. The van der Waals surface area contributed by atoms with E-state index >= 15 is 0 Å². The molecule has 35 heavy (non-hydrogen) atoms. The third-order valence-corrected chi connectivity index (χ3v) is 7.88. The third-order valence-electron chi connectivity index (χ3n) is 5.65. The van der Waals surface area contributed by atoms with E-state index in [2.05, 4.69) is 10.0 Å². The van der Waals surface area contributed by atoms with Gasteiger partial charge in [0.15, 0.2) is 0 Å². The number of phenols is 1. The number of anilines is 1. The second-order valence-corrected chi connectivity index (χ2v) is 10.6. The van der Waals surface area contributed by atoms with Crippen molar-refractivity contribution in [3.8, 4) is 5.75 Å².